The van der Waals surface area contributed by atoms with Gasteiger partial charge in [0.15, 0.2) is 0 Å². The second-order valence-electron chi connectivity index (χ2n) is 3.28. The van der Waals surface area contributed by atoms with Crippen molar-refractivity contribution < 1.29 is 0 Å². The van der Waals surface area contributed by atoms with Gasteiger partial charge in [-0.1, -0.05) is 6.92 Å². The molecular formula is C10H18N2. The van der Waals surface area contributed by atoms with E-state index in [-0.39, 0.29) is 0 Å². The third kappa shape index (κ3) is 2.38. The monoisotopic (exact) mass is 166 g/mol. The largest absolute Gasteiger partial charge is 0.357 e. The fourth-order valence-corrected chi connectivity index (χ4v) is 1.42. The average molecular weight is 166 g/mol. The SMILES string of the molecule is CCC(Cc1ccn(C)c1)NC. The Morgan fingerprint density at radius 2 is 2.33 bits per heavy atom. The summed E-state index contributed by atoms with van der Waals surface area (Å²) in [4.78, 5) is 0. The lowest BCUT2D eigenvalue weighted by atomic mass is 10.1. The van der Waals surface area contributed by atoms with E-state index in [2.05, 4.69) is 42.3 Å². The summed E-state index contributed by atoms with van der Waals surface area (Å²) < 4.78 is 2.09. The molecule has 2 nitrogen and oxygen atoms in total. The van der Waals surface area contributed by atoms with E-state index in [9.17, 15) is 0 Å². The molecule has 0 aromatic carbocycles. The van der Waals surface area contributed by atoms with Gasteiger partial charge in [-0.05, 0) is 31.5 Å². The summed E-state index contributed by atoms with van der Waals surface area (Å²) in [6.07, 6.45) is 6.59. The van der Waals surface area contributed by atoms with Crippen molar-refractivity contribution in [3.63, 3.8) is 0 Å². The molecule has 0 saturated carbocycles. The van der Waals surface area contributed by atoms with Gasteiger partial charge in [0.2, 0.25) is 0 Å². The molecule has 1 unspecified atom stereocenters. The number of nitrogens with zero attached hydrogens (tertiary/aromatic N) is 1. The third-order valence-electron chi connectivity index (χ3n) is 2.28. The lowest BCUT2D eigenvalue weighted by Gasteiger charge is -2.11. The Morgan fingerprint density at radius 1 is 1.58 bits per heavy atom. The summed E-state index contributed by atoms with van der Waals surface area (Å²) in [5.74, 6) is 0. The van der Waals surface area contributed by atoms with Crippen LogP contribution in [0.1, 0.15) is 18.9 Å². The Hall–Kier alpha value is -0.760. The van der Waals surface area contributed by atoms with Gasteiger partial charge >= 0.3 is 0 Å². The van der Waals surface area contributed by atoms with Crippen LogP contribution in [0, 0.1) is 0 Å². The predicted octanol–water partition coefficient (Wildman–Crippen LogP) is 1.57. The van der Waals surface area contributed by atoms with Crippen molar-refractivity contribution in [1.82, 2.24) is 9.88 Å². The van der Waals surface area contributed by atoms with E-state index in [1.807, 2.05) is 7.05 Å². The molecule has 0 aliphatic rings. The molecule has 1 N–H and O–H groups in total. The number of likely N-dealkylation sites (N-methyl/N-ethyl adjacent to an activating group) is 1. The topological polar surface area (TPSA) is 17.0 Å². The zero-order valence-electron chi connectivity index (χ0n) is 8.17. The second-order valence-corrected chi connectivity index (χ2v) is 3.28. The minimum Gasteiger partial charge on any atom is -0.357 e. The molecule has 12 heavy (non-hydrogen) atoms. The molecule has 1 heterocycles. The zero-order valence-corrected chi connectivity index (χ0v) is 8.17. The van der Waals surface area contributed by atoms with Gasteiger partial charge in [0.25, 0.3) is 0 Å². The normalized spacial score (nSPS) is 13.2. The highest BCUT2D eigenvalue weighted by Gasteiger charge is 2.04. The minimum absolute atomic E-state index is 0.618. The van der Waals surface area contributed by atoms with Crippen LogP contribution >= 0.6 is 0 Å². The predicted molar refractivity (Wildman–Crippen MR) is 52.3 cm³/mol. The first-order chi connectivity index (χ1) is 5.76. The van der Waals surface area contributed by atoms with Gasteiger partial charge in [-0.15, -0.1) is 0 Å². The second kappa shape index (κ2) is 4.31. The number of nitrogens with one attached hydrogen (secondary N) is 1. The standard InChI is InChI=1S/C10H18N2/c1-4-10(11-2)7-9-5-6-12(3)8-9/h5-6,8,10-11H,4,7H2,1-3H3. The first-order valence-electron chi connectivity index (χ1n) is 4.54. The van der Waals surface area contributed by atoms with Crippen LogP contribution in [0.25, 0.3) is 0 Å². The van der Waals surface area contributed by atoms with Crippen LogP contribution in [-0.2, 0) is 13.5 Å². The Bertz CT molecular complexity index is 223. The molecule has 1 atom stereocenters. The maximum Gasteiger partial charge on any atom is 0.0106 e. The van der Waals surface area contributed by atoms with Crippen molar-refractivity contribution in [2.75, 3.05) is 7.05 Å². The molecule has 0 aliphatic heterocycles. The van der Waals surface area contributed by atoms with E-state index in [4.69, 9.17) is 0 Å². The van der Waals surface area contributed by atoms with E-state index in [1.165, 1.54) is 12.0 Å². The van der Waals surface area contributed by atoms with Crippen LogP contribution in [0.15, 0.2) is 18.5 Å². The molecule has 0 amide bonds. The number of aromatic nitrogens is 1. The van der Waals surface area contributed by atoms with Crippen molar-refractivity contribution in [2.45, 2.75) is 25.8 Å². The van der Waals surface area contributed by atoms with Crippen molar-refractivity contribution in [3.05, 3.63) is 24.0 Å². The Labute approximate surface area is 74.6 Å². The molecule has 2 heteroatoms. The van der Waals surface area contributed by atoms with Gasteiger partial charge in [0.1, 0.15) is 0 Å². The molecular weight excluding hydrogens is 148 g/mol. The van der Waals surface area contributed by atoms with Gasteiger partial charge in [0.05, 0.1) is 0 Å². The quantitative estimate of drug-likeness (QED) is 0.718. The van der Waals surface area contributed by atoms with Gasteiger partial charge in [-0.2, -0.15) is 0 Å². The fourth-order valence-electron chi connectivity index (χ4n) is 1.42. The number of rotatable bonds is 4. The Kier molecular flexibility index (Phi) is 3.35. The first-order valence-corrected chi connectivity index (χ1v) is 4.54. The fraction of sp³-hybridized carbons (Fsp3) is 0.600. The van der Waals surface area contributed by atoms with Crippen LogP contribution in [-0.4, -0.2) is 17.7 Å². The summed E-state index contributed by atoms with van der Waals surface area (Å²) >= 11 is 0. The molecule has 1 aromatic rings. The maximum atomic E-state index is 3.30. The highest BCUT2D eigenvalue weighted by molar-refractivity contribution is 5.11. The van der Waals surface area contributed by atoms with E-state index < -0.39 is 0 Å². The van der Waals surface area contributed by atoms with Crippen LogP contribution in [0.5, 0.6) is 0 Å². The molecule has 1 aromatic heterocycles. The summed E-state index contributed by atoms with van der Waals surface area (Å²) in [6, 6.07) is 2.80. The molecule has 1 rings (SSSR count). The minimum atomic E-state index is 0.618. The van der Waals surface area contributed by atoms with E-state index >= 15 is 0 Å². The molecule has 0 bridgehead atoms. The van der Waals surface area contributed by atoms with Crippen molar-refractivity contribution in [3.8, 4) is 0 Å². The summed E-state index contributed by atoms with van der Waals surface area (Å²) in [6.45, 7) is 2.21. The van der Waals surface area contributed by atoms with Crippen LogP contribution < -0.4 is 5.32 Å². The lowest BCUT2D eigenvalue weighted by molar-refractivity contribution is 0.543. The average Bonchev–Trinajstić information content (AvgIpc) is 2.47. The molecule has 0 spiro atoms. The van der Waals surface area contributed by atoms with Crippen molar-refractivity contribution in [2.24, 2.45) is 7.05 Å². The van der Waals surface area contributed by atoms with E-state index in [0.717, 1.165) is 6.42 Å². The Morgan fingerprint density at radius 3 is 2.75 bits per heavy atom. The Balaban J connectivity index is 2.50. The molecule has 0 aliphatic carbocycles. The molecule has 0 fully saturated rings. The molecule has 0 saturated heterocycles. The van der Waals surface area contributed by atoms with Gasteiger partial charge in [-0.25, -0.2) is 0 Å². The summed E-state index contributed by atoms with van der Waals surface area (Å²) in [7, 11) is 4.08. The van der Waals surface area contributed by atoms with Crippen molar-refractivity contribution >= 4 is 0 Å². The van der Waals surface area contributed by atoms with Crippen LogP contribution in [0.2, 0.25) is 0 Å². The highest BCUT2D eigenvalue weighted by atomic mass is 14.9. The van der Waals surface area contributed by atoms with E-state index in [0.29, 0.717) is 6.04 Å². The first kappa shape index (κ1) is 9.33. The number of hydrogen-bond acceptors (Lipinski definition) is 1. The third-order valence-corrected chi connectivity index (χ3v) is 2.28. The van der Waals surface area contributed by atoms with Gasteiger partial charge in [0, 0.05) is 25.5 Å². The number of hydrogen-bond donors (Lipinski definition) is 1. The van der Waals surface area contributed by atoms with E-state index in [1.54, 1.807) is 0 Å². The summed E-state index contributed by atoms with van der Waals surface area (Å²) in [5.41, 5.74) is 1.42. The van der Waals surface area contributed by atoms with Gasteiger partial charge < -0.3 is 9.88 Å². The summed E-state index contributed by atoms with van der Waals surface area (Å²) in [5, 5.41) is 3.30. The zero-order chi connectivity index (χ0) is 8.97. The maximum absolute atomic E-state index is 3.30. The molecule has 0 radical (unpaired) electrons. The highest BCUT2D eigenvalue weighted by Crippen LogP contribution is 2.05. The smallest absolute Gasteiger partial charge is 0.0106 e. The van der Waals surface area contributed by atoms with Crippen molar-refractivity contribution in [1.29, 1.82) is 0 Å². The number of aryl methyl sites for hydroxylation is 1. The van der Waals surface area contributed by atoms with Gasteiger partial charge in [-0.3, -0.25) is 0 Å². The van der Waals surface area contributed by atoms with Crippen LogP contribution in [0.3, 0.4) is 0 Å². The lowest BCUT2D eigenvalue weighted by Crippen LogP contribution is -2.26. The van der Waals surface area contributed by atoms with Crippen LogP contribution in [0.4, 0.5) is 0 Å². The molecule has 68 valence electrons.